The molecule has 7 heteroatoms. The van der Waals surface area contributed by atoms with Crippen molar-refractivity contribution >= 4 is 27.9 Å². The van der Waals surface area contributed by atoms with Gasteiger partial charge in [-0.1, -0.05) is 45.0 Å². The van der Waals surface area contributed by atoms with Crippen molar-refractivity contribution in [3.8, 4) is 0 Å². The quantitative estimate of drug-likeness (QED) is 0.773. The summed E-state index contributed by atoms with van der Waals surface area (Å²) >= 11 is 3.33. The highest BCUT2D eigenvalue weighted by atomic mass is 79.9. The molecule has 1 fully saturated rings. The minimum absolute atomic E-state index is 0.0342. The van der Waals surface area contributed by atoms with Gasteiger partial charge in [-0.3, -0.25) is 14.4 Å². The molecule has 0 aliphatic carbocycles. The molecule has 1 unspecified atom stereocenters. The summed E-state index contributed by atoms with van der Waals surface area (Å²) in [7, 11) is 0. The normalized spacial score (nSPS) is 20.6. The third kappa shape index (κ3) is 3.40. The second-order valence-electron chi connectivity index (χ2n) is 7.76. The first-order chi connectivity index (χ1) is 12.1. The molecular formula is C19H23BrN4O2. The predicted molar refractivity (Wildman–Crippen MR) is 103 cm³/mol. The van der Waals surface area contributed by atoms with Crippen LogP contribution >= 0.6 is 15.9 Å². The van der Waals surface area contributed by atoms with E-state index in [9.17, 15) is 9.59 Å². The Balaban J connectivity index is 1.78. The molecule has 6 nitrogen and oxygen atoms in total. The molecule has 1 N–H and O–H groups in total. The summed E-state index contributed by atoms with van der Waals surface area (Å²) in [6.07, 6.45) is 3.48. The van der Waals surface area contributed by atoms with Crippen molar-refractivity contribution in [1.29, 1.82) is 0 Å². The van der Waals surface area contributed by atoms with Gasteiger partial charge >= 0.3 is 6.03 Å². The van der Waals surface area contributed by atoms with Gasteiger partial charge in [0.05, 0.1) is 23.8 Å². The number of nitrogens with one attached hydrogen (secondary N) is 1. The van der Waals surface area contributed by atoms with E-state index in [1.54, 1.807) is 17.8 Å². The number of aromatic nitrogens is 2. The molecule has 2 heterocycles. The molecule has 1 saturated heterocycles. The smallest absolute Gasteiger partial charge is 0.319 e. The monoisotopic (exact) mass is 418 g/mol. The van der Waals surface area contributed by atoms with Crippen molar-refractivity contribution in [2.75, 3.05) is 6.54 Å². The van der Waals surface area contributed by atoms with Gasteiger partial charge in [-0.05, 0) is 39.4 Å². The summed E-state index contributed by atoms with van der Waals surface area (Å²) in [5, 5.41) is 7.00. The fourth-order valence-corrected chi connectivity index (χ4v) is 3.39. The molecule has 1 aromatic heterocycles. The molecule has 1 aliphatic heterocycles. The topological polar surface area (TPSA) is 67.2 Å². The Bertz CT molecular complexity index is 838. The first kappa shape index (κ1) is 18.6. The Morgan fingerprint density at radius 2 is 1.81 bits per heavy atom. The SMILES string of the molecule is CC(C)(C)c1ccc(C2(C)NC(=O)N(CCn3cc(Br)cn3)C2=O)cc1. The van der Waals surface area contributed by atoms with E-state index in [-0.39, 0.29) is 23.9 Å². The van der Waals surface area contributed by atoms with Crippen LogP contribution in [0.5, 0.6) is 0 Å². The van der Waals surface area contributed by atoms with E-state index >= 15 is 0 Å². The van der Waals surface area contributed by atoms with E-state index in [0.717, 1.165) is 10.0 Å². The van der Waals surface area contributed by atoms with Crippen LogP contribution in [0.1, 0.15) is 38.8 Å². The molecule has 0 saturated carbocycles. The third-order valence-corrected chi connectivity index (χ3v) is 5.17. The molecule has 26 heavy (non-hydrogen) atoms. The molecule has 2 aromatic rings. The van der Waals surface area contributed by atoms with Gasteiger partial charge in [-0.15, -0.1) is 0 Å². The molecule has 0 bridgehead atoms. The van der Waals surface area contributed by atoms with Crippen LogP contribution in [0.2, 0.25) is 0 Å². The minimum atomic E-state index is -1.04. The van der Waals surface area contributed by atoms with E-state index in [4.69, 9.17) is 0 Å². The number of halogens is 1. The second kappa shape index (κ2) is 6.54. The second-order valence-corrected chi connectivity index (χ2v) is 8.68. The Kier molecular flexibility index (Phi) is 4.69. The van der Waals surface area contributed by atoms with E-state index in [1.165, 1.54) is 10.5 Å². The summed E-state index contributed by atoms with van der Waals surface area (Å²) in [6, 6.07) is 7.51. The predicted octanol–water partition coefficient (Wildman–Crippen LogP) is 3.41. The van der Waals surface area contributed by atoms with Crippen molar-refractivity contribution in [3.05, 3.63) is 52.3 Å². The zero-order valence-electron chi connectivity index (χ0n) is 15.4. The summed E-state index contributed by atoms with van der Waals surface area (Å²) < 4.78 is 2.55. The average molecular weight is 419 g/mol. The van der Waals surface area contributed by atoms with Crippen LogP contribution in [0.3, 0.4) is 0 Å². The lowest BCUT2D eigenvalue weighted by molar-refractivity contribution is -0.131. The van der Waals surface area contributed by atoms with Gasteiger partial charge in [0, 0.05) is 6.20 Å². The van der Waals surface area contributed by atoms with Crippen LogP contribution in [0.15, 0.2) is 41.1 Å². The van der Waals surface area contributed by atoms with E-state index in [1.807, 2.05) is 30.5 Å². The largest absolute Gasteiger partial charge is 0.325 e. The maximum Gasteiger partial charge on any atom is 0.325 e. The number of amides is 3. The Morgan fingerprint density at radius 1 is 1.15 bits per heavy atom. The molecule has 138 valence electrons. The number of benzene rings is 1. The fourth-order valence-electron chi connectivity index (χ4n) is 3.06. The highest BCUT2D eigenvalue weighted by Gasteiger charge is 2.48. The van der Waals surface area contributed by atoms with Crippen molar-refractivity contribution in [2.24, 2.45) is 0 Å². The molecule has 3 rings (SSSR count). The molecule has 3 amide bonds. The number of rotatable bonds is 4. The molecular weight excluding hydrogens is 396 g/mol. The highest BCUT2D eigenvalue weighted by molar-refractivity contribution is 9.10. The van der Waals surface area contributed by atoms with Crippen LogP contribution in [0.25, 0.3) is 0 Å². The molecule has 0 radical (unpaired) electrons. The standard InChI is InChI=1S/C19H23BrN4O2/c1-18(2,3)13-5-7-14(8-6-13)19(4)16(25)24(17(26)22-19)10-9-23-12-15(20)11-21-23/h5-8,11-12H,9-10H2,1-4H3,(H,22,26). The lowest BCUT2D eigenvalue weighted by Crippen LogP contribution is -2.41. The molecule has 0 spiro atoms. The van der Waals surface area contributed by atoms with Gasteiger partial charge in [0.25, 0.3) is 5.91 Å². The highest BCUT2D eigenvalue weighted by Crippen LogP contribution is 2.31. The minimum Gasteiger partial charge on any atom is -0.319 e. The third-order valence-electron chi connectivity index (χ3n) is 4.76. The van der Waals surface area contributed by atoms with Gasteiger partial charge in [0.15, 0.2) is 0 Å². The number of hydrogen-bond donors (Lipinski definition) is 1. The number of nitrogens with zero attached hydrogens (tertiary/aromatic N) is 3. The number of carbonyl (C=O) groups excluding carboxylic acids is 2. The van der Waals surface area contributed by atoms with E-state index in [2.05, 4.69) is 47.1 Å². The van der Waals surface area contributed by atoms with Crippen molar-refractivity contribution in [1.82, 2.24) is 20.0 Å². The van der Waals surface area contributed by atoms with Crippen molar-refractivity contribution < 1.29 is 9.59 Å². The van der Waals surface area contributed by atoms with Crippen LogP contribution in [0.4, 0.5) is 4.79 Å². The first-order valence-corrected chi connectivity index (χ1v) is 9.34. The Hall–Kier alpha value is -2.15. The Morgan fingerprint density at radius 3 is 2.35 bits per heavy atom. The maximum atomic E-state index is 13.0. The van der Waals surface area contributed by atoms with Gasteiger partial charge in [-0.2, -0.15) is 5.10 Å². The van der Waals surface area contributed by atoms with Gasteiger partial charge in [-0.25, -0.2) is 4.79 Å². The number of urea groups is 1. The molecule has 1 aliphatic rings. The van der Waals surface area contributed by atoms with E-state index < -0.39 is 5.54 Å². The zero-order valence-corrected chi connectivity index (χ0v) is 17.0. The summed E-state index contributed by atoms with van der Waals surface area (Å²) in [5.41, 5.74) is 0.959. The van der Waals surface area contributed by atoms with E-state index in [0.29, 0.717) is 6.54 Å². The van der Waals surface area contributed by atoms with Crippen molar-refractivity contribution in [2.45, 2.75) is 45.2 Å². The first-order valence-electron chi connectivity index (χ1n) is 8.54. The van der Waals surface area contributed by atoms with Crippen LogP contribution in [0, 0.1) is 0 Å². The van der Waals surface area contributed by atoms with Gasteiger partial charge in [0.2, 0.25) is 0 Å². The van der Waals surface area contributed by atoms with Crippen LogP contribution < -0.4 is 5.32 Å². The number of imide groups is 1. The Labute approximate surface area is 161 Å². The van der Waals surface area contributed by atoms with Crippen LogP contribution in [-0.4, -0.2) is 33.2 Å². The molecule has 1 aromatic carbocycles. The lowest BCUT2D eigenvalue weighted by Gasteiger charge is -2.24. The number of hydrogen-bond acceptors (Lipinski definition) is 3. The molecule has 1 atom stereocenters. The summed E-state index contributed by atoms with van der Waals surface area (Å²) in [6.45, 7) is 8.90. The van der Waals surface area contributed by atoms with Gasteiger partial charge < -0.3 is 5.32 Å². The van der Waals surface area contributed by atoms with Crippen molar-refractivity contribution in [3.63, 3.8) is 0 Å². The average Bonchev–Trinajstić information content (AvgIpc) is 3.07. The lowest BCUT2D eigenvalue weighted by atomic mass is 9.84. The fraction of sp³-hybridized carbons (Fsp3) is 0.421. The zero-order chi connectivity index (χ0) is 19.1. The summed E-state index contributed by atoms with van der Waals surface area (Å²) in [5.74, 6) is -0.239. The van der Waals surface area contributed by atoms with Crippen LogP contribution in [-0.2, 0) is 22.3 Å². The number of carbonyl (C=O) groups is 2. The maximum absolute atomic E-state index is 13.0. The van der Waals surface area contributed by atoms with Gasteiger partial charge in [0.1, 0.15) is 5.54 Å². The summed E-state index contributed by atoms with van der Waals surface area (Å²) in [4.78, 5) is 26.6.